The summed E-state index contributed by atoms with van der Waals surface area (Å²) in [4.78, 5) is 17.2. The van der Waals surface area contributed by atoms with Crippen LogP contribution in [0.5, 0.6) is 5.75 Å². The van der Waals surface area contributed by atoms with E-state index in [2.05, 4.69) is 15.5 Å². The minimum absolute atomic E-state index is 0.170. The molecule has 1 amide bonds. The first-order valence-electron chi connectivity index (χ1n) is 8.17. The van der Waals surface area contributed by atoms with Crippen molar-refractivity contribution in [3.05, 3.63) is 52.8 Å². The van der Waals surface area contributed by atoms with Crippen molar-refractivity contribution < 1.29 is 14.1 Å². The number of aromatic nitrogens is 2. The van der Waals surface area contributed by atoms with Crippen LogP contribution in [0.1, 0.15) is 47.1 Å². The molecule has 2 aromatic heterocycles. The quantitative estimate of drug-likeness (QED) is 0.768. The van der Waals surface area contributed by atoms with Crippen LogP contribution in [0.3, 0.4) is 0 Å². The zero-order valence-corrected chi connectivity index (χ0v) is 14.8. The second-order valence-electron chi connectivity index (χ2n) is 6.23. The van der Waals surface area contributed by atoms with Gasteiger partial charge in [0.05, 0.1) is 23.8 Å². The normalized spacial score (nSPS) is 11.1. The summed E-state index contributed by atoms with van der Waals surface area (Å²) < 4.78 is 10.4. The van der Waals surface area contributed by atoms with Crippen molar-refractivity contribution in [3.8, 4) is 5.75 Å². The molecule has 0 aliphatic heterocycles. The average Bonchev–Trinajstić information content (AvgIpc) is 3.00. The van der Waals surface area contributed by atoms with Crippen molar-refractivity contribution in [1.82, 2.24) is 15.5 Å². The Morgan fingerprint density at radius 1 is 1.28 bits per heavy atom. The molecule has 0 saturated carbocycles. The molecule has 0 aliphatic rings. The van der Waals surface area contributed by atoms with Crippen LogP contribution in [0, 0.1) is 6.92 Å². The number of carbonyl (C=O) groups excluding carboxylic acids is 1. The van der Waals surface area contributed by atoms with Crippen molar-refractivity contribution in [3.63, 3.8) is 0 Å². The van der Waals surface area contributed by atoms with Gasteiger partial charge in [0, 0.05) is 12.2 Å². The van der Waals surface area contributed by atoms with E-state index in [1.807, 2.05) is 51.1 Å². The predicted molar refractivity (Wildman–Crippen MR) is 94.8 cm³/mol. The van der Waals surface area contributed by atoms with Crippen molar-refractivity contribution in [2.45, 2.75) is 33.2 Å². The molecule has 3 rings (SSSR count). The number of ether oxygens (including phenoxy) is 1. The van der Waals surface area contributed by atoms with Gasteiger partial charge in [-0.25, -0.2) is 4.98 Å². The van der Waals surface area contributed by atoms with Gasteiger partial charge in [-0.05, 0) is 36.6 Å². The lowest BCUT2D eigenvalue weighted by atomic mass is 10.0. The third-order valence-corrected chi connectivity index (χ3v) is 4.09. The molecular weight excluding hydrogens is 318 g/mol. The predicted octanol–water partition coefficient (Wildman–Crippen LogP) is 3.59. The Kier molecular flexibility index (Phi) is 4.70. The second kappa shape index (κ2) is 6.93. The second-order valence-corrected chi connectivity index (χ2v) is 6.23. The van der Waals surface area contributed by atoms with Crippen LogP contribution in [0.15, 0.2) is 34.9 Å². The van der Waals surface area contributed by atoms with Crippen molar-refractivity contribution in [1.29, 1.82) is 0 Å². The summed E-state index contributed by atoms with van der Waals surface area (Å²) in [6, 6.07) is 9.40. The molecule has 1 N–H and O–H groups in total. The van der Waals surface area contributed by atoms with E-state index in [1.165, 1.54) is 0 Å². The highest BCUT2D eigenvalue weighted by atomic mass is 16.5. The van der Waals surface area contributed by atoms with E-state index in [0.717, 1.165) is 17.0 Å². The Balaban J connectivity index is 1.86. The number of hydrogen-bond donors (Lipinski definition) is 1. The number of pyridine rings is 1. The number of benzene rings is 1. The number of methoxy groups -OCH3 is 1. The molecule has 0 bridgehead atoms. The molecule has 2 heterocycles. The first kappa shape index (κ1) is 17.0. The van der Waals surface area contributed by atoms with E-state index in [1.54, 1.807) is 7.11 Å². The Bertz CT molecular complexity index is 898. The van der Waals surface area contributed by atoms with Gasteiger partial charge in [-0.2, -0.15) is 0 Å². The maximum Gasteiger partial charge on any atom is 0.259 e. The molecule has 0 atom stereocenters. The molecule has 1 aromatic carbocycles. The summed E-state index contributed by atoms with van der Waals surface area (Å²) >= 11 is 0. The molecule has 3 aromatic rings. The Labute approximate surface area is 146 Å². The van der Waals surface area contributed by atoms with Crippen LogP contribution in [-0.4, -0.2) is 23.2 Å². The summed E-state index contributed by atoms with van der Waals surface area (Å²) in [5, 5.41) is 7.56. The SMILES string of the molecule is COc1ccc(CNC(=O)c2cc(C(C)C)nc3onc(C)c23)cc1. The van der Waals surface area contributed by atoms with Crippen molar-refractivity contribution in [2.75, 3.05) is 7.11 Å². The van der Waals surface area contributed by atoms with E-state index in [-0.39, 0.29) is 11.8 Å². The zero-order valence-electron chi connectivity index (χ0n) is 14.8. The van der Waals surface area contributed by atoms with Crippen LogP contribution in [0.4, 0.5) is 0 Å². The van der Waals surface area contributed by atoms with Gasteiger partial charge in [0.15, 0.2) is 0 Å². The van der Waals surface area contributed by atoms with Gasteiger partial charge in [-0.1, -0.05) is 31.1 Å². The van der Waals surface area contributed by atoms with Crippen molar-refractivity contribution >= 4 is 17.0 Å². The number of fused-ring (bicyclic) bond motifs is 1. The van der Waals surface area contributed by atoms with E-state index >= 15 is 0 Å². The molecule has 6 nitrogen and oxygen atoms in total. The highest BCUT2D eigenvalue weighted by Crippen LogP contribution is 2.25. The number of nitrogens with zero attached hydrogens (tertiary/aromatic N) is 2. The number of rotatable bonds is 5. The summed E-state index contributed by atoms with van der Waals surface area (Å²) in [5.41, 5.74) is 3.40. The third kappa shape index (κ3) is 3.47. The first-order valence-corrected chi connectivity index (χ1v) is 8.17. The first-order chi connectivity index (χ1) is 12.0. The molecule has 0 spiro atoms. The van der Waals surface area contributed by atoms with Gasteiger partial charge in [-0.15, -0.1) is 0 Å². The van der Waals surface area contributed by atoms with E-state index in [9.17, 15) is 4.79 Å². The summed E-state index contributed by atoms with van der Waals surface area (Å²) in [6.07, 6.45) is 0. The molecular formula is C19H21N3O3. The standard InChI is InChI=1S/C19H21N3O3/c1-11(2)16-9-15(17-12(3)22-25-19(17)21-16)18(23)20-10-13-5-7-14(24-4)8-6-13/h5-9,11H,10H2,1-4H3,(H,20,23). The number of hydrogen-bond acceptors (Lipinski definition) is 5. The fourth-order valence-electron chi connectivity index (χ4n) is 2.61. The summed E-state index contributed by atoms with van der Waals surface area (Å²) in [5.74, 6) is 0.798. The minimum Gasteiger partial charge on any atom is -0.497 e. The molecule has 0 unspecified atom stereocenters. The molecule has 0 fully saturated rings. The Morgan fingerprint density at radius 3 is 2.64 bits per heavy atom. The van der Waals surface area contributed by atoms with Crippen LogP contribution in [-0.2, 0) is 6.54 Å². The monoisotopic (exact) mass is 339 g/mol. The van der Waals surface area contributed by atoms with Gasteiger partial charge >= 0.3 is 0 Å². The van der Waals surface area contributed by atoms with Crippen LogP contribution >= 0.6 is 0 Å². The molecule has 25 heavy (non-hydrogen) atoms. The van der Waals surface area contributed by atoms with E-state index in [4.69, 9.17) is 9.26 Å². The van der Waals surface area contributed by atoms with E-state index in [0.29, 0.717) is 28.9 Å². The maximum atomic E-state index is 12.7. The molecule has 0 saturated heterocycles. The van der Waals surface area contributed by atoms with Gasteiger partial charge in [0.2, 0.25) is 0 Å². The lowest BCUT2D eigenvalue weighted by molar-refractivity contribution is 0.0952. The number of amides is 1. The third-order valence-electron chi connectivity index (χ3n) is 4.09. The lowest BCUT2D eigenvalue weighted by Gasteiger charge is -2.10. The number of aryl methyl sites for hydroxylation is 1. The summed E-state index contributed by atoms with van der Waals surface area (Å²) in [6.45, 7) is 6.28. The molecule has 0 radical (unpaired) electrons. The van der Waals surface area contributed by atoms with Gasteiger partial charge in [-0.3, -0.25) is 4.79 Å². The van der Waals surface area contributed by atoms with Gasteiger partial charge < -0.3 is 14.6 Å². The van der Waals surface area contributed by atoms with Crippen molar-refractivity contribution in [2.24, 2.45) is 0 Å². The smallest absolute Gasteiger partial charge is 0.259 e. The van der Waals surface area contributed by atoms with E-state index < -0.39 is 0 Å². The zero-order chi connectivity index (χ0) is 18.0. The Hall–Kier alpha value is -2.89. The number of nitrogens with one attached hydrogen (secondary N) is 1. The molecule has 130 valence electrons. The van der Waals surface area contributed by atoms with Gasteiger partial charge in [0.1, 0.15) is 5.75 Å². The molecule has 6 heteroatoms. The average molecular weight is 339 g/mol. The highest BCUT2D eigenvalue weighted by molar-refractivity contribution is 6.06. The topological polar surface area (TPSA) is 77.2 Å². The maximum absolute atomic E-state index is 12.7. The fourth-order valence-corrected chi connectivity index (χ4v) is 2.61. The largest absolute Gasteiger partial charge is 0.497 e. The Morgan fingerprint density at radius 2 is 2.00 bits per heavy atom. The van der Waals surface area contributed by atoms with Crippen LogP contribution in [0.2, 0.25) is 0 Å². The highest BCUT2D eigenvalue weighted by Gasteiger charge is 2.19. The minimum atomic E-state index is -0.170. The summed E-state index contributed by atoms with van der Waals surface area (Å²) in [7, 11) is 1.62. The van der Waals surface area contributed by atoms with Crippen LogP contribution in [0.25, 0.3) is 11.1 Å². The van der Waals surface area contributed by atoms with Crippen LogP contribution < -0.4 is 10.1 Å². The lowest BCUT2D eigenvalue weighted by Crippen LogP contribution is -2.23. The fraction of sp³-hybridized carbons (Fsp3) is 0.316. The molecule has 0 aliphatic carbocycles. The number of carbonyl (C=O) groups is 1. The van der Waals surface area contributed by atoms with Gasteiger partial charge in [0.25, 0.3) is 11.6 Å².